The zero-order valence-corrected chi connectivity index (χ0v) is 17.0. The maximum Gasteiger partial charge on any atom is 0.338 e. The van der Waals surface area contributed by atoms with E-state index in [1.54, 1.807) is 47.7 Å². The number of aromatic nitrogens is 1. The van der Waals surface area contributed by atoms with E-state index >= 15 is 0 Å². The molecule has 0 radical (unpaired) electrons. The van der Waals surface area contributed by atoms with Gasteiger partial charge in [-0.05, 0) is 73.2 Å². The molecular weight excluding hydrogens is 398 g/mol. The number of carbonyl (C=O) groups excluding carboxylic acids is 2. The number of aryl methyl sites for hydroxylation is 1. The van der Waals surface area contributed by atoms with Gasteiger partial charge in [-0.1, -0.05) is 6.07 Å². The van der Waals surface area contributed by atoms with Gasteiger partial charge in [-0.15, -0.1) is 11.3 Å². The van der Waals surface area contributed by atoms with Gasteiger partial charge in [0.2, 0.25) is 0 Å². The van der Waals surface area contributed by atoms with Gasteiger partial charge in [0.25, 0.3) is 5.91 Å². The summed E-state index contributed by atoms with van der Waals surface area (Å²) in [6.45, 7) is 1.69. The highest BCUT2D eigenvalue weighted by Crippen LogP contribution is 2.31. The number of nitrogens with zero attached hydrogens (tertiary/aromatic N) is 1. The van der Waals surface area contributed by atoms with Crippen LogP contribution in [0.1, 0.15) is 15.9 Å². The van der Waals surface area contributed by atoms with Crippen LogP contribution in [0.4, 0.5) is 11.4 Å². The Kier molecular flexibility index (Phi) is 5.45. The zero-order chi connectivity index (χ0) is 21.1. The van der Waals surface area contributed by atoms with Crippen LogP contribution in [0.5, 0.6) is 0 Å². The average Bonchev–Trinajstić information content (AvgIpc) is 3.16. The van der Waals surface area contributed by atoms with Crippen LogP contribution in [0, 0.1) is 6.92 Å². The fraction of sp³-hybridized carbons (Fsp3) is 0.0870. The molecule has 0 fully saturated rings. The molecular formula is C23H19N3O3S. The number of hydrogen-bond donors (Lipinski definition) is 2. The second kappa shape index (κ2) is 8.34. The van der Waals surface area contributed by atoms with Crippen LogP contribution in [-0.2, 0) is 9.53 Å². The second-order valence-corrected chi connectivity index (χ2v) is 7.84. The van der Waals surface area contributed by atoms with E-state index in [9.17, 15) is 9.59 Å². The lowest BCUT2D eigenvalue weighted by Gasteiger charge is -2.07. The van der Waals surface area contributed by atoms with Crippen LogP contribution >= 0.6 is 11.3 Å². The van der Waals surface area contributed by atoms with Crippen molar-refractivity contribution in [2.24, 2.45) is 0 Å². The summed E-state index contributed by atoms with van der Waals surface area (Å²) in [7, 11) is 0. The van der Waals surface area contributed by atoms with Gasteiger partial charge < -0.3 is 15.8 Å². The van der Waals surface area contributed by atoms with Gasteiger partial charge in [0.15, 0.2) is 6.61 Å². The Hall–Kier alpha value is -3.71. The number of carbonyl (C=O) groups is 2. The third-order valence-corrected chi connectivity index (χ3v) is 5.51. The van der Waals surface area contributed by atoms with E-state index in [0.717, 1.165) is 20.8 Å². The van der Waals surface area contributed by atoms with Gasteiger partial charge in [-0.3, -0.25) is 4.79 Å². The standard InChI is InChI=1S/C23H19N3O3S/c1-14-2-11-19-20(12-14)30-22(26-19)15-5-9-18(10-6-15)25-21(27)13-29-23(28)16-3-7-17(24)8-4-16/h2-12H,13,24H2,1H3,(H,25,27). The van der Waals surface area contributed by atoms with Crippen LogP contribution in [0.3, 0.4) is 0 Å². The molecule has 1 amide bonds. The third kappa shape index (κ3) is 4.47. The fourth-order valence-electron chi connectivity index (χ4n) is 2.88. The van der Waals surface area contributed by atoms with Crippen molar-refractivity contribution in [1.29, 1.82) is 0 Å². The Balaban J connectivity index is 1.36. The number of fused-ring (bicyclic) bond motifs is 1. The molecule has 0 atom stereocenters. The summed E-state index contributed by atoms with van der Waals surface area (Å²) in [5.41, 5.74) is 10.2. The molecule has 0 saturated heterocycles. The van der Waals surface area contributed by atoms with Crippen molar-refractivity contribution in [1.82, 2.24) is 4.98 Å². The highest BCUT2D eigenvalue weighted by atomic mass is 32.1. The highest BCUT2D eigenvalue weighted by Gasteiger charge is 2.11. The second-order valence-electron chi connectivity index (χ2n) is 6.81. The zero-order valence-electron chi connectivity index (χ0n) is 16.2. The molecule has 7 heteroatoms. The summed E-state index contributed by atoms with van der Waals surface area (Å²) in [6, 6.07) is 19.9. The maximum atomic E-state index is 12.1. The number of hydrogen-bond acceptors (Lipinski definition) is 6. The van der Waals surface area contributed by atoms with E-state index in [-0.39, 0.29) is 6.61 Å². The molecule has 0 aliphatic rings. The van der Waals surface area contributed by atoms with Crippen molar-refractivity contribution in [2.45, 2.75) is 6.92 Å². The summed E-state index contributed by atoms with van der Waals surface area (Å²) >= 11 is 1.63. The predicted molar refractivity (Wildman–Crippen MR) is 120 cm³/mol. The van der Waals surface area contributed by atoms with Crippen molar-refractivity contribution in [3.05, 3.63) is 77.9 Å². The summed E-state index contributed by atoms with van der Waals surface area (Å²) in [4.78, 5) is 28.7. The summed E-state index contributed by atoms with van der Waals surface area (Å²) in [5, 5.41) is 3.64. The van der Waals surface area contributed by atoms with Crippen molar-refractivity contribution in [3.8, 4) is 10.6 Å². The summed E-state index contributed by atoms with van der Waals surface area (Å²) in [5.74, 6) is -0.992. The Morgan fingerprint density at radius 1 is 1.03 bits per heavy atom. The Morgan fingerprint density at radius 2 is 1.77 bits per heavy atom. The van der Waals surface area contributed by atoms with Crippen LogP contribution in [0.15, 0.2) is 66.7 Å². The molecule has 0 aliphatic heterocycles. The van der Waals surface area contributed by atoms with E-state index in [0.29, 0.717) is 16.9 Å². The molecule has 4 aromatic rings. The molecule has 150 valence electrons. The molecule has 0 saturated carbocycles. The molecule has 4 rings (SSSR count). The normalized spacial score (nSPS) is 10.7. The van der Waals surface area contributed by atoms with Crippen molar-refractivity contribution >= 4 is 44.8 Å². The molecule has 3 aromatic carbocycles. The van der Waals surface area contributed by atoms with Crippen LogP contribution < -0.4 is 11.1 Å². The number of nitrogen functional groups attached to an aromatic ring is 1. The van der Waals surface area contributed by atoms with Gasteiger partial charge >= 0.3 is 5.97 Å². The molecule has 0 spiro atoms. The minimum Gasteiger partial charge on any atom is -0.452 e. The number of thiazole rings is 1. The van der Waals surface area contributed by atoms with Crippen molar-refractivity contribution in [2.75, 3.05) is 17.7 Å². The van der Waals surface area contributed by atoms with Crippen LogP contribution in [-0.4, -0.2) is 23.5 Å². The number of nitrogens with two attached hydrogens (primary N) is 1. The number of rotatable bonds is 5. The first-order chi connectivity index (χ1) is 14.5. The topological polar surface area (TPSA) is 94.3 Å². The average molecular weight is 417 g/mol. The van der Waals surface area contributed by atoms with Gasteiger partial charge in [0.05, 0.1) is 15.8 Å². The lowest BCUT2D eigenvalue weighted by molar-refractivity contribution is -0.119. The van der Waals surface area contributed by atoms with Gasteiger partial charge in [-0.2, -0.15) is 0 Å². The Labute approximate surface area is 177 Å². The Morgan fingerprint density at radius 3 is 2.50 bits per heavy atom. The van der Waals surface area contributed by atoms with Crippen molar-refractivity contribution in [3.63, 3.8) is 0 Å². The fourth-order valence-corrected chi connectivity index (χ4v) is 3.95. The Bertz CT molecular complexity index is 1210. The molecule has 1 aromatic heterocycles. The maximum absolute atomic E-state index is 12.1. The highest BCUT2D eigenvalue weighted by molar-refractivity contribution is 7.21. The summed E-state index contributed by atoms with van der Waals surface area (Å²) < 4.78 is 6.18. The molecule has 0 aliphatic carbocycles. The molecule has 30 heavy (non-hydrogen) atoms. The smallest absolute Gasteiger partial charge is 0.338 e. The largest absolute Gasteiger partial charge is 0.452 e. The number of amides is 1. The molecule has 6 nitrogen and oxygen atoms in total. The van der Waals surface area contributed by atoms with Crippen LogP contribution in [0.25, 0.3) is 20.8 Å². The molecule has 1 heterocycles. The van der Waals surface area contributed by atoms with E-state index in [1.807, 2.05) is 24.3 Å². The summed E-state index contributed by atoms with van der Waals surface area (Å²) in [6.07, 6.45) is 0. The van der Waals surface area contributed by atoms with Crippen LogP contribution in [0.2, 0.25) is 0 Å². The molecule has 3 N–H and O–H groups in total. The van der Waals surface area contributed by atoms with E-state index < -0.39 is 11.9 Å². The van der Waals surface area contributed by atoms with Crippen molar-refractivity contribution < 1.29 is 14.3 Å². The SMILES string of the molecule is Cc1ccc2nc(-c3ccc(NC(=O)COC(=O)c4ccc(N)cc4)cc3)sc2c1. The van der Waals surface area contributed by atoms with E-state index in [4.69, 9.17) is 10.5 Å². The van der Waals surface area contributed by atoms with Gasteiger partial charge in [0.1, 0.15) is 5.01 Å². The first kappa shape index (κ1) is 19.6. The van der Waals surface area contributed by atoms with E-state index in [1.165, 1.54) is 5.56 Å². The molecule has 0 bridgehead atoms. The quantitative estimate of drug-likeness (QED) is 0.364. The first-order valence-corrected chi connectivity index (χ1v) is 10.1. The first-order valence-electron chi connectivity index (χ1n) is 9.28. The number of ether oxygens (including phenoxy) is 1. The number of nitrogens with one attached hydrogen (secondary N) is 1. The minimum atomic E-state index is -0.577. The predicted octanol–water partition coefficient (Wildman–Crippen LogP) is 4.65. The number of benzene rings is 3. The third-order valence-electron chi connectivity index (χ3n) is 4.44. The minimum absolute atomic E-state index is 0.340. The van der Waals surface area contributed by atoms with Gasteiger partial charge in [-0.25, -0.2) is 9.78 Å². The number of esters is 1. The lowest BCUT2D eigenvalue weighted by atomic mass is 10.2. The number of anilines is 2. The lowest BCUT2D eigenvalue weighted by Crippen LogP contribution is -2.20. The monoisotopic (exact) mass is 417 g/mol. The van der Waals surface area contributed by atoms with Gasteiger partial charge in [0, 0.05) is 16.9 Å². The van der Waals surface area contributed by atoms with E-state index in [2.05, 4.69) is 23.3 Å². The molecule has 0 unspecified atom stereocenters.